The van der Waals surface area contributed by atoms with Crippen molar-refractivity contribution in [3.63, 3.8) is 0 Å². The zero-order valence-corrected chi connectivity index (χ0v) is 7.90. The Morgan fingerprint density at radius 3 is 2.79 bits per heavy atom. The number of aromatic nitrogens is 1. The summed E-state index contributed by atoms with van der Waals surface area (Å²) in [6, 6.07) is 3.80. The van der Waals surface area contributed by atoms with Gasteiger partial charge in [-0.25, -0.2) is 9.78 Å². The highest BCUT2D eigenvalue weighted by atomic mass is 16.4. The standard InChI is InChI=1S/C10H12N2O2/c1-6-4-9(6)12-7-2-3-8(10(13)14)11-5-7/h2-3,5-6,9,12H,4H2,1H3,(H,13,14). The van der Waals surface area contributed by atoms with Gasteiger partial charge in [0.15, 0.2) is 0 Å². The van der Waals surface area contributed by atoms with Crippen LogP contribution in [0.2, 0.25) is 0 Å². The molecule has 1 aliphatic rings. The van der Waals surface area contributed by atoms with Gasteiger partial charge in [-0.05, 0) is 24.5 Å². The highest BCUT2D eigenvalue weighted by Crippen LogP contribution is 2.32. The van der Waals surface area contributed by atoms with E-state index in [9.17, 15) is 4.79 Å². The third-order valence-electron chi connectivity index (χ3n) is 2.44. The van der Waals surface area contributed by atoms with Gasteiger partial charge in [0.2, 0.25) is 0 Å². The van der Waals surface area contributed by atoms with E-state index in [1.165, 1.54) is 12.5 Å². The molecule has 14 heavy (non-hydrogen) atoms. The summed E-state index contributed by atoms with van der Waals surface area (Å²) in [6.07, 6.45) is 2.75. The number of hydrogen-bond acceptors (Lipinski definition) is 3. The average Bonchev–Trinajstić information content (AvgIpc) is 2.82. The van der Waals surface area contributed by atoms with Crippen LogP contribution < -0.4 is 5.32 Å². The molecule has 2 unspecified atom stereocenters. The number of rotatable bonds is 3. The zero-order valence-electron chi connectivity index (χ0n) is 7.90. The molecule has 2 N–H and O–H groups in total. The largest absolute Gasteiger partial charge is 0.477 e. The number of nitrogens with one attached hydrogen (secondary N) is 1. The van der Waals surface area contributed by atoms with Crippen LogP contribution >= 0.6 is 0 Å². The van der Waals surface area contributed by atoms with Crippen molar-refractivity contribution in [2.45, 2.75) is 19.4 Å². The van der Waals surface area contributed by atoms with Crippen molar-refractivity contribution in [1.82, 2.24) is 4.98 Å². The Bertz CT molecular complexity index is 348. The Labute approximate surface area is 82.0 Å². The van der Waals surface area contributed by atoms with E-state index < -0.39 is 5.97 Å². The molecule has 1 heterocycles. The molecule has 0 spiro atoms. The fraction of sp³-hybridized carbons (Fsp3) is 0.400. The van der Waals surface area contributed by atoms with Gasteiger partial charge in [0, 0.05) is 6.04 Å². The third kappa shape index (κ3) is 1.84. The van der Waals surface area contributed by atoms with Gasteiger partial charge in [0.05, 0.1) is 11.9 Å². The number of aromatic carboxylic acids is 1. The Balaban J connectivity index is 2.02. The van der Waals surface area contributed by atoms with Crippen LogP contribution in [-0.2, 0) is 0 Å². The van der Waals surface area contributed by atoms with Crippen molar-refractivity contribution < 1.29 is 9.90 Å². The number of carbonyl (C=O) groups is 1. The summed E-state index contributed by atoms with van der Waals surface area (Å²) in [7, 11) is 0. The van der Waals surface area contributed by atoms with E-state index in [2.05, 4.69) is 17.2 Å². The number of hydrogen-bond donors (Lipinski definition) is 2. The van der Waals surface area contributed by atoms with Crippen LogP contribution in [-0.4, -0.2) is 22.1 Å². The molecule has 1 saturated carbocycles. The van der Waals surface area contributed by atoms with E-state index in [1.807, 2.05) is 0 Å². The topological polar surface area (TPSA) is 62.2 Å². The lowest BCUT2D eigenvalue weighted by Gasteiger charge is -2.03. The molecule has 1 aromatic rings. The van der Waals surface area contributed by atoms with E-state index in [4.69, 9.17) is 5.11 Å². The third-order valence-corrected chi connectivity index (χ3v) is 2.44. The zero-order chi connectivity index (χ0) is 10.1. The smallest absolute Gasteiger partial charge is 0.354 e. The number of anilines is 1. The van der Waals surface area contributed by atoms with E-state index in [-0.39, 0.29) is 5.69 Å². The molecule has 0 saturated heterocycles. The molecule has 2 atom stereocenters. The molecule has 0 aliphatic heterocycles. The van der Waals surface area contributed by atoms with Gasteiger partial charge < -0.3 is 10.4 Å². The molecule has 4 nitrogen and oxygen atoms in total. The molecule has 4 heteroatoms. The molecule has 0 bridgehead atoms. The fourth-order valence-corrected chi connectivity index (χ4v) is 1.34. The van der Waals surface area contributed by atoms with E-state index in [0.717, 1.165) is 5.69 Å². The molecule has 1 aliphatic carbocycles. The Morgan fingerprint density at radius 2 is 2.36 bits per heavy atom. The number of nitrogens with zero attached hydrogens (tertiary/aromatic N) is 1. The summed E-state index contributed by atoms with van der Waals surface area (Å²) in [6.45, 7) is 2.18. The monoisotopic (exact) mass is 192 g/mol. The summed E-state index contributed by atoms with van der Waals surface area (Å²) >= 11 is 0. The summed E-state index contributed by atoms with van der Waals surface area (Å²) < 4.78 is 0. The molecule has 74 valence electrons. The normalized spacial score (nSPS) is 24.4. The lowest BCUT2D eigenvalue weighted by Crippen LogP contribution is -2.05. The summed E-state index contributed by atoms with van der Waals surface area (Å²) in [5.41, 5.74) is 0.976. The van der Waals surface area contributed by atoms with Crippen molar-refractivity contribution in [1.29, 1.82) is 0 Å². The van der Waals surface area contributed by atoms with Crippen molar-refractivity contribution in [2.75, 3.05) is 5.32 Å². The van der Waals surface area contributed by atoms with Crippen LogP contribution in [0.25, 0.3) is 0 Å². The van der Waals surface area contributed by atoms with Gasteiger partial charge >= 0.3 is 5.97 Å². The maximum absolute atomic E-state index is 10.5. The Kier molecular flexibility index (Phi) is 2.11. The van der Waals surface area contributed by atoms with Gasteiger partial charge in [-0.1, -0.05) is 6.92 Å². The molecular weight excluding hydrogens is 180 g/mol. The first-order chi connectivity index (χ1) is 6.66. The lowest BCUT2D eigenvalue weighted by atomic mass is 10.3. The van der Waals surface area contributed by atoms with Gasteiger partial charge in [-0.15, -0.1) is 0 Å². The summed E-state index contributed by atoms with van der Waals surface area (Å²) in [5.74, 6) is -0.273. The SMILES string of the molecule is CC1CC1Nc1ccc(C(=O)O)nc1. The molecule has 0 radical (unpaired) electrons. The second kappa shape index (κ2) is 3.29. The lowest BCUT2D eigenvalue weighted by molar-refractivity contribution is 0.0690. The second-order valence-corrected chi connectivity index (χ2v) is 3.70. The van der Waals surface area contributed by atoms with Crippen LogP contribution in [0.15, 0.2) is 18.3 Å². The predicted molar refractivity (Wildman–Crippen MR) is 52.4 cm³/mol. The summed E-state index contributed by atoms with van der Waals surface area (Å²) in [5, 5.41) is 11.9. The summed E-state index contributed by atoms with van der Waals surface area (Å²) in [4.78, 5) is 14.3. The minimum atomic E-state index is -0.990. The van der Waals surface area contributed by atoms with Gasteiger partial charge in [-0.3, -0.25) is 0 Å². The molecule has 1 fully saturated rings. The minimum absolute atomic E-state index is 0.0828. The number of carboxylic acids is 1. The van der Waals surface area contributed by atoms with Crippen LogP contribution in [0.5, 0.6) is 0 Å². The predicted octanol–water partition coefficient (Wildman–Crippen LogP) is 1.60. The van der Waals surface area contributed by atoms with Crippen molar-refractivity contribution in [3.05, 3.63) is 24.0 Å². The van der Waals surface area contributed by atoms with E-state index >= 15 is 0 Å². The molecule has 0 aromatic carbocycles. The van der Waals surface area contributed by atoms with Crippen LogP contribution in [0.3, 0.4) is 0 Å². The Hall–Kier alpha value is -1.58. The van der Waals surface area contributed by atoms with Gasteiger partial charge in [0.25, 0.3) is 0 Å². The molecule has 0 amide bonds. The fourth-order valence-electron chi connectivity index (χ4n) is 1.34. The molecule has 2 rings (SSSR count). The van der Waals surface area contributed by atoms with Crippen LogP contribution in [0, 0.1) is 5.92 Å². The quantitative estimate of drug-likeness (QED) is 0.763. The van der Waals surface area contributed by atoms with Gasteiger partial charge in [-0.2, -0.15) is 0 Å². The van der Waals surface area contributed by atoms with Crippen LogP contribution in [0.1, 0.15) is 23.8 Å². The second-order valence-electron chi connectivity index (χ2n) is 3.70. The first kappa shape index (κ1) is 8.99. The van der Waals surface area contributed by atoms with E-state index in [0.29, 0.717) is 12.0 Å². The maximum Gasteiger partial charge on any atom is 0.354 e. The van der Waals surface area contributed by atoms with Gasteiger partial charge in [0.1, 0.15) is 5.69 Å². The Morgan fingerprint density at radius 1 is 1.64 bits per heavy atom. The molecular formula is C10H12N2O2. The first-order valence-electron chi connectivity index (χ1n) is 4.62. The molecule has 1 aromatic heterocycles. The van der Waals surface area contributed by atoms with Crippen LogP contribution in [0.4, 0.5) is 5.69 Å². The highest BCUT2D eigenvalue weighted by Gasteiger charge is 2.32. The number of pyridine rings is 1. The highest BCUT2D eigenvalue weighted by molar-refractivity contribution is 5.85. The first-order valence-corrected chi connectivity index (χ1v) is 4.62. The average molecular weight is 192 g/mol. The van der Waals surface area contributed by atoms with E-state index in [1.54, 1.807) is 12.3 Å². The van der Waals surface area contributed by atoms with Crippen molar-refractivity contribution in [2.24, 2.45) is 5.92 Å². The number of carboxylic acid groups (broad SMARTS) is 1. The minimum Gasteiger partial charge on any atom is -0.477 e. The van der Waals surface area contributed by atoms with Crippen molar-refractivity contribution in [3.8, 4) is 0 Å². The van der Waals surface area contributed by atoms with Crippen molar-refractivity contribution >= 4 is 11.7 Å². The maximum atomic E-state index is 10.5.